The molecule has 2 rings (SSSR count). The predicted molar refractivity (Wildman–Crippen MR) is 68.0 cm³/mol. The molecular weight excluding hydrogens is 214 g/mol. The molecule has 2 aromatic rings. The molecule has 0 amide bonds. The Morgan fingerprint density at radius 1 is 1.35 bits per heavy atom. The third kappa shape index (κ3) is 2.31. The average molecular weight is 231 g/mol. The fourth-order valence-electron chi connectivity index (χ4n) is 1.84. The van der Waals surface area contributed by atoms with Gasteiger partial charge in [0.05, 0.1) is 18.5 Å². The van der Waals surface area contributed by atoms with Crippen LogP contribution in [0.1, 0.15) is 5.69 Å². The molecule has 4 nitrogen and oxygen atoms in total. The number of para-hydroxylation sites is 1. The van der Waals surface area contributed by atoms with Crippen LogP contribution >= 0.6 is 0 Å². The van der Waals surface area contributed by atoms with Gasteiger partial charge in [-0.2, -0.15) is 5.10 Å². The smallest absolute Gasteiger partial charge is 0.128 e. The van der Waals surface area contributed by atoms with Gasteiger partial charge in [-0.1, -0.05) is 12.1 Å². The van der Waals surface area contributed by atoms with Gasteiger partial charge in [0.25, 0.3) is 0 Å². The number of hydrogen-bond acceptors (Lipinski definition) is 3. The van der Waals surface area contributed by atoms with Gasteiger partial charge in [-0.05, 0) is 25.2 Å². The Balaban J connectivity index is 2.42. The Morgan fingerprint density at radius 2 is 2.12 bits per heavy atom. The third-order valence-corrected chi connectivity index (χ3v) is 2.72. The van der Waals surface area contributed by atoms with E-state index in [1.54, 1.807) is 7.11 Å². The van der Waals surface area contributed by atoms with E-state index in [4.69, 9.17) is 4.74 Å². The topological polar surface area (TPSA) is 39.1 Å². The second kappa shape index (κ2) is 5.01. The molecule has 1 heterocycles. The largest absolute Gasteiger partial charge is 0.496 e. The Labute approximate surface area is 101 Å². The molecule has 0 aliphatic carbocycles. The van der Waals surface area contributed by atoms with Crippen LogP contribution in [-0.2, 0) is 13.6 Å². The summed E-state index contributed by atoms with van der Waals surface area (Å²) in [6.07, 6.45) is 0. The average Bonchev–Trinajstić information content (AvgIpc) is 2.71. The molecule has 0 radical (unpaired) electrons. The molecular formula is C13H17N3O. The molecule has 1 aromatic heterocycles. The molecule has 0 saturated heterocycles. The van der Waals surface area contributed by atoms with Gasteiger partial charge in [0.15, 0.2) is 0 Å². The maximum absolute atomic E-state index is 5.34. The zero-order valence-corrected chi connectivity index (χ0v) is 10.4. The molecule has 0 bridgehead atoms. The minimum absolute atomic E-state index is 0.804. The monoisotopic (exact) mass is 231 g/mol. The van der Waals surface area contributed by atoms with Crippen molar-refractivity contribution < 1.29 is 4.74 Å². The van der Waals surface area contributed by atoms with Crippen molar-refractivity contribution >= 4 is 0 Å². The molecule has 0 aliphatic rings. The molecule has 1 aromatic carbocycles. The maximum atomic E-state index is 5.34. The van der Waals surface area contributed by atoms with Gasteiger partial charge in [0.1, 0.15) is 5.75 Å². The first-order valence-corrected chi connectivity index (χ1v) is 5.57. The van der Waals surface area contributed by atoms with Crippen LogP contribution in [0, 0.1) is 0 Å². The highest BCUT2D eigenvalue weighted by molar-refractivity contribution is 5.67. The summed E-state index contributed by atoms with van der Waals surface area (Å²) in [5.74, 6) is 0.849. The SMILES string of the molecule is CNCc1cc(-c2ccccc2OC)nn1C. The molecule has 0 unspecified atom stereocenters. The van der Waals surface area contributed by atoms with Crippen LogP contribution in [0.5, 0.6) is 5.75 Å². The van der Waals surface area contributed by atoms with E-state index in [9.17, 15) is 0 Å². The van der Waals surface area contributed by atoms with E-state index in [0.717, 1.165) is 29.2 Å². The summed E-state index contributed by atoms with van der Waals surface area (Å²) in [7, 11) is 5.55. The highest BCUT2D eigenvalue weighted by atomic mass is 16.5. The predicted octanol–water partition coefficient (Wildman–Crippen LogP) is 1.82. The van der Waals surface area contributed by atoms with Crippen molar-refractivity contribution in [1.29, 1.82) is 0 Å². The Kier molecular flexibility index (Phi) is 3.44. The first-order chi connectivity index (χ1) is 8.26. The number of nitrogens with zero attached hydrogens (tertiary/aromatic N) is 2. The minimum Gasteiger partial charge on any atom is -0.496 e. The van der Waals surface area contributed by atoms with Crippen LogP contribution in [0.4, 0.5) is 0 Å². The van der Waals surface area contributed by atoms with E-state index in [2.05, 4.69) is 16.5 Å². The Bertz CT molecular complexity index is 505. The summed E-state index contributed by atoms with van der Waals surface area (Å²) in [5, 5.41) is 7.63. The molecule has 90 valence electrons. The first kappa shape index (κ1) is 11.7. The van der Waals surface area contributed by atoms with E-state index in [1.807, 2.05) is 43.0 Å². The van der Waals surface area contributed by atoms with Crippen LogP contribution in [0.25, 0.3) is 11.3 Å². The summed E-state index contributed by atoms with van der Waals surface area (Å²) < 4.78 is 7.23. The van der Waals surface area contributed by atoms with Crippen LogP contribution < -0.4 is 10.1 Å². The van der Waals surface area contributed by atoms with Gasteiger partial charge in [0.2, 0.25) is 0 Å². The number of benzene rings is 1. The Hall–Kier alpha value is -1.81. The van der Waals surface area contributed by atoms with E-state index in [0.29, 0.717) is 0 Å². The lowest BCUT2D eigenvalue weighted by Gasteiger charge is -2.04. The van der Waals surface area contributed by atoms with Gasteiger partial charge in [-0.3, -0.25) is 4.68 Å². The summed E-state index contributed by atoms with van der Waals surface area (Å²) in [6.45, 7) is 0.804. The number of methoxy groups -OCH3 is 1. The highest BCUT2D eigenvalue weighted by Crippen LogP contribution is 2.28. The highest BCUT2D eigenvalue weighted by Gasteiger charge is 2.10. The summed E-state index contributed by atoms with van der Waals surface area (Å²) in [6, 6.07) is 9.99. The van der Waals surface area contributed by atoms with Crippen LogP contribution in [0.2, 0.25) is 0 Å². The van der Waals surface area contributed by atoms with Crippen molar-refractivity contribution in [2.45, 2.75) is 6.54 Å². The molecule has 0 atom stereocenters. The van der Waals surface area contributed by atoms with Gasteiger partial charge < -0.3 is 10.1 Å². The lowest BCUT2D eigenvalue weighted by Crippen LogP contribution is -2.09. The summed E-state index contributed by atoms with van der Waals surface area (Å²) in [4.78, 5) is 0. The molecule has 4 heteroatoms. The maximum Gasteiger partial charge on any atom is 0.128 e. The van der Waals surface area contributed by atoms with E-state index >= 15 is 0 Å². The van der Waals surface area contributed by atoms with Crippen molar-refractivity contribution in [3.63, 3.8) is 0 Å². The molecule has 17 heavy (non-hydrogen) atoms. The van der Waals surface area contributed by atoms with Gasteiger partial charge >= 0.3 is 0 Å². The number of aryl methyl sites for hydroxylation is 1. The third-order valence-electron chi connectivity index (χ3n) is 2.72. The van der Waals surface area contributed by atoms with Crippen LogP contribution in [-0.4, -0.2) is 23.9 Å². The number of nitrogens with one attached hydrogen (secondary N) is 1. The first-order valence-electron chi connectivity index (χ1n) is 5.57. The lowest BCUT2D eigenvalue weighted by molar-refractivity contribution is 0.416. The quantitative estimate of drug-likeness (QED) is 0.872. The molecule has 0 saturated carbocycles. The Morgan fingerprint density at radius 3 is 2.82 bits per heavy atom. The van der Waals surface area contributed by atoms with Gasteiger partial charge in [-0.15, -0.1) is 0 Å². The number of hydrogen-bond donors (Lipinski definition) is 1. The van der Waals surface area contributed by atoms with Crippen molar-refractivity contribution in [3.8, 4) is 17.0 Å². The summed E-state index contributed by atoms with van der Waals surface area (Å²) in [5.41, 5.74) is 3.11. The lowest BCUT2D eigenvalue weighted by atomic mass is 10.1. The fourth-order valence-corrected chi connectivity index (χ4v) is 1.84. The van der Waals surface area contributed by atoms with E-state index < -0.39 is 0 Å². The van der Waals surface area contributed by atoms with Gasteiger partial charge in [-0.25, -0.2) is 0 Å². The number of aromatic nitrogens is 2. The zero-order valence-electron chi connectivity index (χ0n) is 10.4. The van der Waals surface area contributed by atoms with E-state index in [1.165, 1.54) is 0 Å². The van der Waals surface area contributed by atoms with Crippen molar-refractivity contribution in [3.05, 3.63) is 36.0 Å². The minimum atomic E-state index is 0.804. The van der Waals surface area contributed by atoms with Gasteiger partial charge in [0, 0.05) is 19.2 Å². The van der Waals surface area contributed by atoms with Crippen LogP contribution in [0.3, 0.4) is 0 Å². The normalized spacial score (nSPS) is 10.5. The molecule has 0 aliphatic heterocycles. The zero-order chi connectivity index (χ0) is 12.3. The summed E-state index contributed by atoms with van der Waals surface area (Å²) >= 11 is 0. The van der Waals surface area contributed by atoms with Crippen LogP contribution in [0.15, 0.2) is 30.3 Å². The molecule has 0 fully saturated rings. The molecule has 0 spiro atoms. The van der Waals surface area contributed by atoms with E-state index in [-0.39, 0.29) is 0 Å². The van der Waals surface area contributed by atoms with Crippen molar-refractivity contribution in [1.82, 2.24) is 15.1 Å². The van der Waals surface area contributed by atoms with Crippen molar-refractivity contribution in [2.24, 2.45) is 7.05 Å². The number of rotatable bonds is 4. The van der Waals surface area contributed by atoms with Crippen molar-refractivity contribution in [2.75, 3.05) is 14.2 Å². The fraction of sp³-hybridized carbons (Fsp3) is 0.308. The standard InChI is InChI=1S/C13H17N3O/c1-14-9-10-8-12(15-16(10)2)11-6-4-5-7-13(11)17-3/h4-8,14H,9H2,1-3H3. The second-order valence-corrected chi connectivity index (χ2v) is 3.88. The number of ether oxygens (including phenoxy) is 1. The molecule has 1 N–H and O–H groups in total. The second-order valence-electron chi connectivity index (χ2n) is 3.88.